The highest BCUT2D eigenvalue weighted by molar-refractivity contribution is 5.72. The van der Waals surface area contributed by atoms with E-state index in [1.165, 1.54) is 38.5 Å². The standard InChI is InChI=1S/C69H104O6/c1-4-7-10-13-16-19-22-25-27-28-29-30-31-32-33-34-35-36-37-38-39-40-42-44-47-50-53-56-59-62-68(71)74-65-66(64-73-67(70)61-58-55-52-49-46-43-24-21-18-15-12-9-6-3)75-69(72)63-60-57-54-51-48-45-41-26-23-20-17-14-11-8-5-2/h7-8,10-11,16-17,19-21,24-27,29-30,32-33,35-36,38-39,41-42,44,48,50-51,53,57,60,66H,4-6,9,12-15,18,22-23,28,31,34,37,40,43,45-47,49,52,54-56,58-59,61-65H2,1-3H3/b10-7-,11-8-,19-16-,20-17-,24-21-,27-25-,30-29-,33-32-,36-35-,39-38-,41-26-,44-42-,51-48-,53-50-,60-57-. The fraction of sp³-hybridized carbons (Fsp3) is 0.522. The number of carbonyl (C=O) groups excluding carboxylic acids is 3. The van der Waals surface area contributed by atoms with Crippen molar-refractivity contribution < 1.29 is 28.6 Å². The number of rotatable bonds is 50. The van der Waals surface area contributed by atoms with Crippen molar-refractivity contribution in [1.82, 2.24) is 0 Å². The van der Waals surface area contributed by atoms with Gasteiger partial charge in [-0.2, -0.15) is 0 Å². The molecular formula is C69H104O6. The summed E-state index contributed by atoms with van der Waals surface area (Å²) in [5.41, 5.74) is 0. The second kappa shape index (κ2) is 61.1. The summed E-state index contributed by atoms with van der Waals surface area (Å²) in [6.45, 7) is 6.23. The fourth-order valence-corrected chi connectivity index (χ4v) is 7.10. The van der Waals surface area contributed by atoms with Gasteiger partial charge in [-0.1, -0.05) is 242 Å². The van der Waals surface area contributed by atoms with Gasteiger partial charge in [0.25, 0.3) is 0 Å². The Kier molecular flexibility index (Phi) is 56.6. The summed E-state index contributed by atoms with van der Waals surface area (Å²) in [5.74, 6) is -1.16. The number of carbonyl (C=O) groups is 3. The first kappa shape index (κ1) is 69.5. The molecule has 0 aromatic carbocycles. The predicted octanol–water partition coefficient (Wildman–Crippen LogP) is 20.1. The van der Waals surface area contributed by atoms with Crippen LogP contribution in [0.5, 0.6) is 0 Å². The molecule has 0 heterocycles. The Labute approximate surface area is 459 Å². The van der Waals surface area contributed by atoms with Crippen LogP contribution < -0.4 is 0 Å². The van der Waals surface area contributed by atoms with Gasteiger partial charge in [-0.25, -0.2) is 0 Å². The zero-order chi connectivity index (χ0) is 54.3. The third-order valence-electron chi connectivity index (χ3n) is 11.4. The van der Waals surface area contributed by atoms with Gasteiger partial charge in [-0.05, 0) is 135 Å². The maximum atomic E-state index is 12.8. The Bertz CT molecular complexity index is 1800. The molecule has 0 aliphatic rings. The molecule has 6 nitrogen and oxygen atoms in total. The quantitative estimate of drug-likeness (QED) is 0.0261. The van der Waals surface area contributed by atoms with Gasteiger partial charge in [-0.3, -0.25) is 14.4 Å². The van der Waals surface area contributed by atoms with Gasteiger partial charge in [0.2, 0.25) is 0 Å². The van der Waals surface area contributed by atoms with E-state index < -0.39 is 12.1 Å². The minimum atomic E-state index is -0.869. The maximum absolute atomic E-state index is 12.8. The van der Waals surface area contributed by atoms with Crippen LogP contribution in [0.2, 0.25) is 0 Å². The van der Waals surface area contributed by atoms with E-state index in [2.05, 4.69) is 191 Å². The number of hydrogen-bond acceptors (Lipinski definition) is 6. The van der Waals surface area contributed by atoms with Gasteiger partial charge in [0, 0.05) is 12.8 Å². The highest BCUT2D eigenvalue weighted by Gasteiger charge is 2.19. The lowest BCUT2D eigenvalue weighted by Gasteiger charge is -2.18. The number of ether oxygens (including phenoxy) is 3. The highest BCUT2D eigenvalue weighted by atomic mass is 16.6. The second-order valence-electron chi connectivity index (χ2n) is 18.4. The zero-order valence-corrected chi connectivity index (χ0v) is 47.5. The smallest absolute Gasteiger partial charge is 0.310 e. The van der Waals surface area contributed by atoms with Gasteiger partial charge in [0.15, 0.2) is 6.10 Å². The van der Waals surface area contributed by atoms with Crippen LogP contribution in [0.15, 0.2) is 182 Å². The van der Waals surface area contributed by atoms with Crippen molar-refractivity contribution in [2.24, 2.45) is 0 Å². The average Bonchev–Trinajstić information content (AvgIpc) is 3.41. The van der Waals surface area contributed by atoms with E-state index in [9.17, 15) is 14.4 Å². The third kappa shape index (κ3) is 59.3. The summed E-state index contributed by atoms with van der Waals surface area (Å²) in [4.78, 5) is 38.0. The summed E-state index contributed by atoms with van der Waals surface area (Å²) in [7, 11) is 0. The molecule has 416 valence electrons. The van der Waals surface area contributed by atoms with E-state index in [0.29, 0.717) is 19.3 Å². The van der Waals surface area contributed by atoms with E-state index in [0.717, 1.165) is 122 Å². The second-order valence-corrected chi connectivity index (χ2v) is 18.4. The van der Waals surface area contributed by atoms with Crippen LogP contribution in [0, 0.1) is 0 Å². The summed E-state index contributed by atoms with van der Waals surface area (Å²) in [5, 5.41) is 0. The molecule has 0 radical (unpaired) electrons. The topological polar surface area (TPSA) is 78.9 Å². The van der Waals surface area contributed by atoms with E-state index in [1.54, 1.807) is 6.08 Å². The van der Waals surface area contributed by atoms with Crippen molar-refractivity contribution in [3.63, 3.8) is 0 Å². The Morgan fingerprint density at radius 1 is 0.293 bits per heavy atom. The van der Waals surface area contributed by atoms with Crippen molar-refractivity contribution >= 4 is 17.9 Å². The summed E-state index contributed by atoms with van der Waals surface area (Å²) in [6, 6.07) is 0. The molecule has 0 rings (SSSR count). The van der Waals surface area contributed by atoms with Crippen molar-refractivity contribution in [3.05, 3.63) is 182 Å². The molecule has 0 N–H and O–H groups in total. The van der Waals surface area contributed by atoms with E-state index >= 15 is 0 Å². The molecule has 0 saturated heterocycles. The first-order chi connectivity index (χ1) is 37.0. The molecule has 0 spiro atoms. The molecule has 1 atom stereocenters. The predicted molar refractivity (Wildman–Crippen MR) is 324 cm³/mol. The highest BCUT2D eigenvalue weighted by Crippen LogP contribution is 2.11. The largest absolute Gasteiger partial charge is 0.462 e. The first-order valence-corrected chi connectivity index (χ1v) is 29.3. The lowest BCUT2D eigenvalue weighted by molar-refractivity contribution is -0.166. The number of esters is 3. The number of unbranched alkanes of at least 4 members (excludes halogenated alkanes) is 10. The Morgan fingerprint density at radius 2 is 0.573 bits per heavy atom. The van der Waals surface area contributed by atoms with Crippen LogP contribution in [0.3, 0.4) is 0 Å². The molecule has 0 aliphatic heterocycles. The van der Waals surface area contributed by atoms with E-state index in [4.69, 9.17) is 14.2 Å². The van der Waals surface area contributed by atoms with Gasteiger partial charge < -0.3 is 14.2 Å². The average molecular weight is 1030 g/mol. The molecule has 0 aromatic rings. The molecule has 75 heavy (non-hydrogen) atoms. The van der Waals surface area contributed by atoms with Gasteiger partial charge >= 0.3 is 17.9 Å². The molecule has 0 bridgehead atoms. The molecule has 6 heteroatoms. The minimum absolute atomic E-state index is 0.0734. The molecule has 0 fully saturated rings. The van der Waals surface area contributed by atoms with Crippen molar-refractivity contribution in [1.29, 1.82) is 0 Å². The van der Waals surface area contributed by atoms with Crippen LogP contribution in [-0.4, -0.2) is 37.2 Å². The molecular weight excluding hydrogens is 925 g/mol. The third-order valence-corrected chi connectivity index (χ3v) is 11.4. The summed E-state index contributed by atoms with van der Waals surface area (Å²) < 4.78 is 16.7. The van der Waals surface area contributed by atoms with Crippen molar-refractivity contribution in [3.8, 4) is 0 Å². The van der Waals surface area contributed by atoms with Crippen LogP contribution in [0.25, 0.3) is 0 Å². The zero-order valence-electron chi connectivity index (χ0n) is 47.5. The first-order valence-electron chi connectivity index (χ1n) is 29.3. The minimum Gasteiger partial charge on any atom is -0.462 e. The number of allylic oxidation sites excluding steroid dienone is 29. The molecule has 1 unspecified atom stereocenters. The maximum Gasteiger partial charge on any atom is 0.310 e. The molecule has 0 aliphatic carbocycles. The Hall–Kier alpha value is -5.49. The van der Waals surface area contributed by atoms with Crippen molar-refractivity contribution in [2.75, 3.05) is 13.2 Å². The van der Waals surface area contributed by atoms with Crippen LogP contribution >= 0.6 is 0 Å². The summed E-state index contributed by atoms with van der Waals surface area (Å²) >= 11 is 0. The number of hydrogen-bond donors (Lipinski definition) is 0. The SMILES string of the molecule is CC/C=C\C/C=C\C/C=C\C/C=C\C/C=C\C/C=C\C/C=C\C/C=C\C/C=C\CCCC(=O)OCC(COC(=O)CCCCCCC/C=C\CCCCCC)OC(=O)C/C=C\C/C=C\C/C=C\C/C=C\C/C=C\CC. The monoisotopic (exact) mass is 1030 g/mol. The molecule has 0 saturated carbocycles. The van der Waals surface area contributed by atoms with Crippen LogP contribution in [0.1, 0.15) is 213 Å². The fourth-order valence-electron chi connectivity index (χ4n) is 7.10. The van der Waals surface area contributed by atoms with E-state index in [1.807, 2.05) is 6.08 Å². The van der Waals surface area contributed by atoms with Crippen LogP contribution in [0.4, 0.5) is 0 Å². The van der Waals surface area contributed by atoms with Crippen molar-refractivity contribution in [2.45, 2.75) is 219 Å². The lowest BCUT2D eigenvalue weighted by atomic mass is 10.1. The summed E-state index contributed by atoms with van der Waals surface area (Å²) in [6.07, 6.45) is 92.1. The Morgan fingerprint density at radius 3 is 0.947 bits per heavy atom. The molecule has 0 aromatic heterocycles. The van der Waals surface area contributed by atoms with Gasteiger partial charge in [0.1, 0.15) is 13.2 Å². The Balaban J connectivity index is 4.54. The lowest BCUT2D eigenvalue weighted by Crippen LogP contribution is -2.30. The van der Waals surface area contributed by atoms with E-state index in [-0.39, 0.29) is 38.0 Å². The normalized spacial score (nSPS) is 13.5. The van der Waals surface area contributed by atoms with Gasteiger partial charge in [-0.15, -0.1) is 0 Å². The van der Waals surface area contributed by atoms with Crippen LogP contribution in [-0.2, 0) is 28.6 Å². The molecule has 0 amide bonds. The van der Waals surface area contributed by atoms with Gasteiger partial charge in [0.05, 0.1) is 6.42 Å².